The topological polar surface area (TPSA) is 78.5 Å². The van der Waals surface area contributed by atoms with Gasteiger partial charge >= 0.3 is 6.03 Å². The molecule has 1 atom stereocenters. The Labute approximate surface area is 106 Å². The van der Waals surface area contributed by atoms with Crippen LogP contribution in [-0.4, -0.2) is 41.4 Å². The molecule has 2 N–H and O–H groups in total. The summed E-state index contributed by atoms with van der Waals surface area (Å²) in [7, 11) is 0. The fraction of sp³-hybridized carbons (Fsp3) is 0.750. The minimum absolute atomic E-state index is 0.0195. The van der Waals surface area contributed by atoms with Crippen molar-refractivity contribution in [1.82, 2.24) is 15.5 Å². The van der Waals surface area contributed by atoms with Gasteiger partial charge in [-0.3, -0.25) is 14.9 Å². The average Bonchev–Trinajstić information content (AvgIpc) is 2.63. The normalized spacial score (nSPS) is 23.8. The second-order valence-electron chi connectivity index (χ2n) is 5.12. The predicted molar refractivity (Wildman–Crippen MR) is 64.7 cm³/mol. The summed E-state index contributed by atoms with van der Waals surface area (Å²) in [5, 5.41) is 4.95. The number of hydrogen-bond donors (Lipinski definition) is 2. The molecule has 0 radical (unpaired) electrons. The number of imide groups is 1. The number of amides is 4. The lowest BCUT2D eigenvalue weighted by atomic mass is 9.87. The summed E-state index contributed by atoms with van der Waals surface area (Å²) in [6.45, 7) is 4.95. The van der Waals surface area contributed by atoms with Crippen LogP contribution in [0.2, 0.25) is 0 Å². The Hall–Kier alpha value is -1.59. The van der Waals surface area contributed by atoms with Crippen LogP contribution < -0.4 is 10.6 Å². The van der Waals surface area contributed by atoms with Gasteiger partial charge in [0.05, 0.1) is 0 Å². The van der Waals surface area contributed by atoms with Gasteiger partial charge in [-0.15, -0.1) is 0 Å². The molecule has 1 unspecified atom stereocenters. The Morgan fingerprint density at radius 2 is 2.00 bits per heavy atom. The van der Waals surface area contributed by atoms with Crippen molar-refractivity contribution >= 4 is 17.8 Å². The highest BCUT2D eigenvalue weighted by atomic mass is 16.2. The van der Waals surface area contributed by atoms with Crippen molar-refractivity contribution in [2.75, 3.05) is 13.1 Å². The van der Waals surface area contributed by atoms with Crippen molar-refractivity contribution in [2.24, 2.45) is 5.92 Å². The zero-order valence-corrected chi connectivity index (χ0v) is 10.8. The third-order valence-electron chi connectivity index (χ3n) is 3.98. The molecule has 0 saturated carbocycles. The molecule has 0 aromatic carbocycles. The van der Waals surface area contributed by atoms with E-state index in [1.807, 2.05) is 13.8 Å². The number of nitrogens with zero attached hydrogens (tertiary/aromatic N) is 1. The molecule has 0 aromatic heterocycles. The van der Waals surface area contributed by atoms with Crippen LogP contribution in [0.15, 0.2) is 0 Å². The Bertz CT molecular complexity index is 386. The van der Waals surface area contributed by atoms with E-state index in [9.17, 15) is 14.4 Å². The van der Waals surface area contributed by atoms with Gasteiger partial charge in [-0.25, -0.2) is 4.79 Å². The maximum Gasteiger partial charge on any atom is 0.322 e. The fourth-order valence-electron chi connectivity index (χ4n) is 2.48. The van der Waals surface area contributed by atoms with Crippen molar-refractivity contribution in [1.29, 1.82) is 0 Å². The summed E-state index contributed by atoms with van der Waals surface area (Å²) in [5.41, 5.74) is -0.788. The summed E-state index contributed by atoms with van der Waals surface area (Å²) in [5.74, 6) is -0.105. The summed E-state index contributed by atoms with van der Waals surface area (Å²) in [4.78, 5) is 36.7. The number of urea groups is 1. The Balaban J connectivity index is 1.98. The largest absolute Gasteiger partial charge is 0.342 e. The zero-order valence-electron chi connectivity index (χ0n) is 10.8. The average molecular weight is 253 g/mol. The van der Waals surface area contributed by atoms with Crippen LogP contribution in [-0.2, 0) is 9.59 Å². The van der Waals surface area contributed by atoms with E-state index >= 15 is 0 Å². The lowest BCUT2D eigenvalue weighted by Gasteiger charge is -2.37. The summed E-state index contributed by atoms with van der Waals surface area (Å²) in [6.07, 6.45) is 1.80. The highest BCUT2D eigenvalue weighted by molar-refractivity contribution is 6.07. The molecular weight excluding hydrogens is 234 g/mol. The minimum Gasteiger partial charge on any atom is -0.342 e. The van der Waals surface area contributed by atoms with Crippen LogP contribution in [0, 0.1) is 5.92 Å². The van der Waals surface area contributed by atoms with Gasteiger partial charge < -0.3 is 10.2 Å². The molecule has 0 bridgehead atoms. The molecule has 0 aliphatic carbocycles. The third-order valence-corrected chi connectivity index (χ3v) is 3.98. The molecule has 6 heteroatoms. The maximum atomic E-state index is 12.0. The van der Waals surface area contributed by atoms with Crippen LogP contribution in [0.4, 0.5) is 4.79 Å². The van der Waals surface area contributed by atoms with Gasteiger partial charge in [0.25, 0.3) is 5.91 Å². The minimum atomic E-state index is -0.788. The first-order valence-corrected chi connectivity index (χ1v) is 6.41. The number of carbonyl (C=O) groups is 3. The highest BCUT2D eigenvalue weighted by Gasteiger charge is 2.48. The van der Waals surface area contributed by atoms with Crippen LogP contribution >= 0.6 is 0 Å². The number of rotatable bonds is 2. The monoisotopic (exact) mass is 253 g/mol. The smallest absolute Gasteiger partial charge is 0.322 e. The molecule has 2 rings (SSSR count). The third kappa shape index (κ3) is 2.07. The first kappa shape index (κ1) is 12.9. The Kier molecular flexibility index (Phi) is 3.28. The summed E-state index contributed by atoms with van der Waals surface area (Å²) in [6, 6.07) is -0.429. The predicted octanol–water partition coefficient (Wildman–Crippen LogP) is 0.233. The Morgan fingerprint density at radius 3 is 2.44 bits per heavy atom. The standard InChI is InChI=1S/C12H19N3O3/c1-3-8(2)9(16)15-6-4-12(5-7-15)10(17)13-11(18)14-12/h8H,3-7H2,1-2H3,(H2,13,14,17,18). The van der Waals surface area contributed by atoms with E-state index in [-0.39, 0.29) is 17.7 Å². The molecule has 6 nitrogen and oxygen atoms in total. The number of carbonyl (C=O) groups excluding carboxylic acids is 3. The van der Waals surface area contributed by atoms with Gasteiger partial charge in [0.1, 0.15) is 5.54 Å². The van der Waals surface area contributed by atoms with Gasteiger partial charge in [-0.2, -0.15) is 0 Å². The van der Waals surface area contributed by atoms with Crippen molar-refractivity contribution in [2.45, 2.75) is 38.6 Å². The van der Waals surface area contributed by atoms with Crippen molar-refractivity contribution in [3.05, 3.63) is 0 Å². The van der Waals surface area contributed by atoms with E-state index < -0.39 is 11.6 Å². The molecule has 2 aliphatic rings. The van der Waals surface area contributed by atoms with E-state index in [1.165, 1.54) is 0 Å². The summed E-state index contributed by atoms with van der Waals surface area (Å²) < 4.78 is 0. The lowest BCUT2D eigenvalue weighted by Crippen LogP contribution is -2.56. The lowest BCUT2D eigenvalue weighted by molar-refractivity contribution is -0.139. The number of nitrogens with one attached hydrogen (secondary N) is 2. The second-order valence-corrected chi connectivity index (χ2v) is 5.12. The molecule has 2 aliphatic heterocycles. The Morgan fingerprint density at radius 1 is 1.39 bits per heavy atom. The molecule has 0 aromatic rings. The fourth-order valence-corrected chi connectivity index (χ4v) is 2.48. The molecule has 2 heterocycles. The van der Waals surface area contributed by atoms with Gasteiger partial charge in [-0.1, -0.05) is 13.8 Å². The van der Waals surface area contributed by atoms with Crippen LogP contribution in [0.25, 0.3) is 0 Å². The summed E-state index contributed by atoms with van der Waals surface area (Å²) >= 11 is 0. The van der Waals surface area contributed by atoms with Crippen molar-refractivity contribution in [3.8, 4) is 0 Å². The zero-order chi connectivity index (χ0) is 13.3. The van der Waals surface area contributed by atoms with Gasteiger partial charge in [0.15, 0.2) is 0 Å². The van der Waals surface area contributed by atoms with E-state index in [4.69, 9.17) is 0 Å². The first-order chi connectivity index (χ1) is 8.48. The molecule has 4 amide bonds. The first-order valence-electron chi connectivity index (χ1n) is 6.41. The van der Waals surface area contributed by atoms with Crippen LogP contribution in [0.3, 0.4) is 0 Å². The van der Waals surface area contributed by atoms with Gasteiger partial charge in [-0.05, 0) is 19.3 Å². The van der Waals surface area contributed by atoms with Crippen molar-refractivity contribution in [3.63, 3.8) is 0 Å². The molecule has 18 heavy (non-hydrogen) atoms. The second kappa shape index (κ2) is 4.59. The SMILES string of the molecule is CCC(C)C(=O)N1CCC2(CC1)NC(=O)NC2=O. The molecule has 2 saturated heterocycles. The van der Waals surface area contributed by atoms with Gasteiger partial charge in [0.2, 0.25) is 5.91 Å². The highest BCUT2D eigenvalue weighted by Crippen LogP contribution is 2.26. The van der Waals surface area contributed by atoms with Gasteiger partial charge in [0, 0.05) is 19.0 Å². The molecule has 1 spiro atoms. The molecule has 2 fully saturated rings. The molecule has 100 valence electrons. The van der Waals surface area contributed by atoms with E-state index in [2.05, 4.69) is 10.6 Å². The molecular formula is C12H19N3O3. The van der Waals surface area contributed by atoms with E-state index in [0.717, 1.165) is 6.42 Å². The number of hydrogen-bond acceptors (Lipinski definition) is 3. The van der Waals surface area contributed by atoms with E-state index in [0.29, 0.717) is 25.9 Å². The van der Waals surface area contributed by atoms with Crippen LogP contribution in [0.1, 0.15) is 33.1 Å². The van der Waals surface area contributed by atoms with Crippen molar-refractivity contribution < 1.29 is 14.4 Å². The van der Waals surface area contributed by atoms with Crippen LogP contribution in [0.5, 0.6) is 0 Å². The van der Waals surface area contributed by atoms with E-state index in [1.54, 1.807) is 4.90 Å². The maximum absolute atomic E-state index is 12.0. The number of piperidine rings is 1. The number of likely N-dealkylation sites (tertiary alicyclic amines) is 1. The quantitative estimate of drug-likeness (QED) is 0.692.